The fourth-order valence-corrected chi connectivity index (χ4v) is 4.25. The fraction of sp³-hybridized carbons (Fsp3) is 0.312. The first kappa shape index (κ1) is 19.6. The number of carbonyl (C=O) groups is 2. The molecule has 25 heavy (non-hydrogen) atoms. The molecule has 1 N–H and O–H groups in total. The van der Waals surface area contributed by atoms with E-state index in [0.717, 1.165) is 11.3 Å². The maximum atomic E-state index is 12.0. The highest BCUT2D eigenvalue weighted by Gasteiger charge is 2.25. The largest absolute Gasteiger partial charge is 0.505 e. The molecule has 0 fully saturated rings. The van der Waals surface area contributed by atoms with E-state index in [1.54, 1.807) is 26.0 Å². The average molecular weight is 402 g/mol. The molecule has 2 aromatic rings. The Kier molecular flexibility index (Phi) is 7.10. The topological polar surface area (TPSA) is 85.7 Å². The second-order valence-corrected chi connectivity index (χ2v) is 7.28. The Bertz CT molecular complexity index is 761. The number of ether oxygens (including phenoxy) is 2. The molecule has 0 aliphatic carbocycles. The lowest BCUT2D eigenvalue weighted by atomic mass is 10.1. The number of hydrogen-bond donors (Lipinski definition) is 1. The zero-order valence-electron chi connectivity index (χ0n) is 13.6. The summed E-state index contributed by atoms with van der Waals surface area (Å²) >= 11 is 8.04. The van der Waals surface area contributed by atoms with Gasteiger partial charge in [0, 0.05) is 11.8 Å². The quantitative estimate of drug-likeness (QED) is 0.426. The van der Waals surface area contributed by atoms with Gasteiger partial charge < -0.3 is 14.6 Å². The van der Waals surface area contributed by atoms with Gasteiger partial charge in [0.2, 0.25) is 0 Å². The van der Waals surface area contributed by atoms with Crippen LogP contribution >= 0.6 is 34.7 Å². The number of pyridine rings is 1. The first-order chi connectivity index (χ1) is 12.0. The molecule has 2 rings (SSSR count). The summed E-state index contributed by atoms with van der Waals surface area (Å²) in [6.07, 6.45) is 1.49. The second-order valence-electron chi connectivity index (χ2n) is 4.63. The third kappa shape index (κ3) is 4.87. The number of thiophene rings is 1. The van der Waals surface area contributed by atoms with Crippen molar-refractivity contribution >= 4 is 46.6 Å². The van der Waals surface area contributed by atoms with Crippen molar-refractivity contribution in [3.05, 3.63) is 28.4 Å². The Hall–Kier alpha value is -1.77. The highest BCUT2D eigenvalue weighted by Crippen LogP contribution is 2.47. The van der Waals surface area contributed by atoms with Gasteiger partial charge in [0.25, 0.3) is 0 Å². The zero-order valence-corrected chi connectivity index (χ0v) is 16.0. The number of nitrogens with zero attached hydrogens (tertiary/aromatic N) is 1. The summed E-state index contributed by atoms with van der Waals surface area (Å²) in [5.74, 6) is -1.13. The SMILES string of the molecule is CCOC(=O)CSc1sc(C(=O)OCC)c(O)c1-c1ccc(Cl)nc1. The van der Waals surface area contributed by atoms with E-state index in [-0.39, 0.29) is 35.6 Å². The molecule has 9 heteroatoms. The fourth-order valence-electron chi connectivity index (χ4n) is 1.94. The van der Waals surface area contributed by atoms with E-state index in [0.29, 0.717) is 20.5 Å². The molecule has 0 aromatic carbocycles. The van der Waals surface area contributed by atoms with Gasteiger partial charge in [-0.3, -0.25) is 4.79 Å². The van der Waals surface area contributed by atoms with E-state index in [1.807, 2.05) is 0 Å². The second kappa shape index (κ2) is 9.07. The van der Waals surface area contributed by atoms with Gasteiger partial charge in [-0.05, 0) is 26.0 Å². The van der Waals surface area contributed by atoms with Crippen molar-refractivity contribution in [2.75, 3.05) is 19.0 Å². The number of thioether (sulfide) groups is 1. The third-order valence-corrected chi connectivity index (χ3v) is 5.58. The molecule has 0 unspecified atom stereocenters. The van der Waals surface area contributed by atoms with Gasteiger partial charge in [0.1, 0.15) is 10.9 Å². The molecule has 0 aliphatic rings. The minimum Gasteiger partial charge on any atom is -0.505 e. The normalized spacial score (nSPS) is 10.5. The Morgan fingerprint density at radius 3 is 2.60 bits per heavy atom. The Morgan fingerprint density at radius 1 is 1.28 bits per heavy atom. The molecule has 0 spiro atoms. The van der Waals surface area contributed by atoms with Crippen molar-refractivity contribution in [3.8, 4) is 16.9 Å². The molecular formula is C16H16ClNO5S2. The summed E-state index contributed by atoms with van der Waals surface area (Å²) in [4.78, 5) is 27.7. The highest BCUT2D eigenvalue weighted by molar-refractivity contribution is 8.01. The summed E-state index contributed by atoms with van der Waals surface area (Å²) in [6, 6.07) is 3.26. The van der Waals surface area contributed by atoms with Crippen molar-refractivity contribution < 1.29 is 24.2 Å². The van der Waals surface area contributed by atoms with E-state index in [1.165, 1.54) is 18.0 Å². The number of hydrogen-bond acceptors (Lipinski definition) is 8. The minimum absolute atomic E-state index is 0.0596. The van der Waals surface area contributed by atoms with E-state index in [2.05, 4.69) is 4.98 Å². The monoisotopic (exact) mass is 401 g/mol. The van der Waals surface area contributed by atoms with Crippen LogP contribution in [0.2, 0.25) is 5.15 Å². The average Bonchev–Trinajstić information content (AvgIpc) is 2.91. The molecule has 2 aromatic heterocycles. The molecule has 0 amide bonds. The molecule has 2 heterocycles. The van der Waals surface area contributed by atoms with E-state index >= 15 is 0 Å². The maximum Gasteiger partial charge on any atom is 0.352 e. The van der Waals surface area contributed by atoms with E-state index < -0.39 is 5.97 Å². The summed E-state index contributed by atoms with van der Waals surface area (Å²) in [5, 5.41) is 10.8. The van der Waals surface area contributed by atoms with Crippen molar-refractivity contribution in [2.45, 2.75) is 18.1 Å². The van der Waals surface area contributed by atoms with Crippen LogP contribution in [0.3, 0.4) is 0 Å². The molecule has 0 atom stereocenters. The van der Waals surface area contributed by atoms with Crippen molar-refractivity contribution in [1.82, 2.24) is 4.98 Å². The number of aromatic hydroxyl groups is 1. The summed E-state index contributed by atoms with van der Waals surface area (Å²) in [6.45, 7) is 3.89. The van der Waals surface area contributed by atoms with E-state index in [4.69, 9.17) is 21.1 Å². The Labute approximate surface area is 158 Å². The van der Waals surface area contributed by atoms with Crippen LogP contribution in [-0.2, 0) is 14.3 Å². The van der Waals surface area contributed by atoms with Crippen LogP contribution in [-0.4, -0.2) is 41.0 Å². The predicted molar refractivity (Wildman–Crippen MR) is 97.5 cm³/mol. The molecule has 134 valence electrons. The molecule has 6 nitrogen and oxygen atoms in total. The van der Waals surface area contributed by atoms with Crippen LogP contribution in [0.15, 0.2) is 22.5 Å². The van der Waals surface area contributed by atoms with Gasteiger partial charge in [0.15, 0.2) is 4.88 Å². The molecule has 0 saturated heterocycles. The van der Waals surface area contributed by atoms with Crippen molar-refractivity contribution in [1.29, 1.82) is 0 Å². The lowest BCUT2D eigenvalue weighted by Gasteiger charge is -2.05. The lowest BCUT2D eigenvalue weighted by Crippen LogP contribution is -2.06. The number of rotatable bonds is 7. The molecule has 0 aliphatic heterocycles. The van der Waals surface area contributed by atoms with Gasteiger partial charge in [-0.2, -0.15) is 0 Å². The number of halogens is 1. The molecule has 0 bridgehead atoms. The van der Waals surface area contributed by atoms with E-state index in [9.17, 15) is 14.7 Å². The third-order valence-electron chi connectivity index (χ3n) is 2.95. The maximum absolute atomic E-state index is 12.0. The van der Waals surface area contributed by atoms with Crippen LogP contribution in [0.5, 0.6) is 5.75 Å². The molecule has 0 radical (unpaired) electrons. The van der Waals surface area contributed by atoms with Gasteiger partial charge in [-0.15, -0.1) is 23.1 Å². The number of carbonyl (C=O) groups excluding carboxylic acids is 2. The molecule has 0 saturated carbocycles. The van der Waals surface area contributed by atoms with Crippen LogP contribution in [0.4, 0.5) is 0 Å². The molecular weight excluding hydrogens is 386 g/mol. The minimum atomic E-state index is -0.615. The van der Waals surface area contributed by atoms with Gasteiger partial charge >= 0.3 is 11.9 Å². The van der Waals surface area contributed by atoms with Crippen LogP contribution < -0.4 is 0 Å². The number of aromatic nitrogens is 1. The van der Waals surface area contributed by atoms with Crippen LogP contribution in [0.1, 0.15) is 23.5 Å². The smallest absolute Gasteiger partial charge is 0.352 e. The van der Waals surface area contributed by atoms with Crippen molar-refractivity contribution in [2.24, 2.45) is 0 Å². The first-order valence-corrected chi connectivity index (χ1v) is 9.59. The summed E-state index contributed by atoms with van der Waals surface area (Å²) in [5.41, 5.74) is 1.01. The summed E-state index contributed by atoms with van der Waals surface area (Å²) < 4.78 is 10.5. The number of esters is 2. The van der Waals surface area contributed by atoms with Gasteiger partial charge in [-0.25, -0.2) is 9.78 Å². The predicted octanol–water partition coefficient (Wildman–Crippen LogP) is 4.00. The highest BCUT2D eigenvalue weighted by atomic mass is 35.5. The zero-order chi connectivity index (χ0) is 18.4. The van der Waals surface area contributed by atoms with Gasteiger partial charge in [0.05, 0.1) is 28.7 Å². The van der Waals surface area contributed by atoms with Crippen LogP contribution in [0, 0.1) is 0 Å². The lowest BCUT2D eigenvalue weighted by molar-refractivity contribution is -0.139. The van der Waals surface area contributed by atoms with Crippen LogP contribution in [0.25, 0.3) is 11.1 Å². The first-order valence-electron chi connectivity index (χ1n) is 7.41. The Morgan fingerprint density at radius 2 is 2.00 bits per heavy atom. The Balaban J connectivity index is 2.40. The van der Waals surface area contributed by atoms with Gasteiger partial charge in [-0.1, -0.05) is 11.6 Å². The summed E-state index contributed by atoms with van der Waals surface area (Å²) in [7, 11) is 0. The van der Waals surface area contributed by atoms with Crippen molar-refractivity contribution in [3.63, 3.8) is 0 Å². The standard InChI is InChI=1S/C16H16ClNO5S2/c1-3-22-11(19)8-24-16-12(9-5-6-10(17)18-7-9)13(20)14(25-16)15(21)23-4-2/h5-7,20H,3-4,8H2,1-2H3.